The van der Waals surface area contributed by atoms with Crippen molar-refractivity contribution in [3.05, 3.63) is 29.8 Å². The average Bonchev–Trinajstić information content (AvgIpc) is 2.47. The lowest BCUT2D eigenvalue weighted by Crippen LogP contribution is -2.37. The van der Waals surface area contributed by atoms with Crippen molar-refractivity contribution in [3.63, 3.8) is 0 Å². The minimum Gasteiger partial charge on any atom is -0.371 e. The van der Waals surface area contributed by atoms with E-state index in [9.17, 15) is 4.79 Å². The molecule has 0 N–H and O–H groups in total. The molecule has 0 aliphatic heterocycles. The molecule has 116 valence electrons. The van der Waals surface area contributed by atoms with Crippen LogP contribution in [0.2, 0.25) is 0 Å². The molecule has 0 radical (unpaired) electrons. The van der Waals surface area contributed by atoms with E-state index < -0.39 is 0 Å². The maximum atomic E-state index is 12.3. The highest BCUT2D eigenvalue weighted by Crippen LogP contribution is 2.32. The number of carbonyl (C=O) groups excluding carboxylic acids is 1. The summed E-state index contributed by atoms with van der Waals surface area (Å²) in [5, 5.41) is 0. The second-order valence-electron chi connectivity index (χ2n) is 6.82. The first-order chi connectivity index (χ1) is 10.0. The Morgan fingerprint density at radius 2 is 1.90 bits per heavy atom. The number of hydrogen-bond donors (Lipinski definition) is 0. The van der Waals surface area contributed by atoms with Crippen molar-refractivity contribution in [2.75, 3.05) is 18.0 Å². The molecule has 0 saturated heterocycles. The fourth-order valence-electron chi connectivity index (χ4n) is 3.37. The molecule has 2 unspecified atom stereocenters. The van der Waals surface area contributed by atoms with Crippen molar-refractivity contribution in [2.45, 2.75) is 47.0 Å². The molecule has 1 aliphatic carbocycles. The molecule has 1 aromatic carbocycles. The van der Waals surface area contributed by atoms with E-state index in [1.165, 1.54) is 11.3 Å². The van der Waals surface area contributed by atoms with Crippen molar-refractivity contribution in [2.24, 2.45) is 17.8 Å². The van der Waals surface area contributed by atoms with E-state index >= 15 is 0 Å². The average molecular weight is 287 g/mol. The molecule has 0 amide bonds. The lowest BCUT2D eigenvalue weighted by molar-refractivity contribution is -0.125. The zero-order valence-electron chi connectivity index (χ0n) is 13.9. The third kappa shape index (κ3) is 4.09. The van der Waals surface area contributed by atoms with E-state index in [4.69, 9.17) is 0 Å². The lowest BCUT2D eigenvalue weighted by atomic mass is 9.75. The van der Waals surface area contributed by atoms with Gasteiger partial charge < -0.3 is 4.90 Å². The normalized spacial score (nSPS) is 22.6. The summed E-state index contributed by atoms with van der Waals surface area (Å²) in [7, 11) is 0. The Morgan fingerprint density at radius 1 is 1.24 bits per heavy atom. The van der Waals surface area contributed by atoms with Crippen LogP contribution in [0.15, 0.2) is 24.3 Å². The summed E-state index contributed by atoms with van der Waals surface area (Å²) in [6, 6.07) is 8.65. The summed E-state index contributed by atoms with van der Waals surface area (Å²) in [6.07, 6.45) is 2.93. The second kappa shape index (κ2) is 7.11. The Balaban J connectivity index is 2.06. The Kier molecular flexibility index (Phi) is 5.44. The minimum atomic E-state index is 0.215. The zero-order chi connectivity index (χ0) is 15.4. The fraction of sp³-hybridized carbons (Fsp3) is 0.632. The predicted molar refractivity (Wildman–Crippen MR) is 89.7 cm³/mol. The second-order valence-corrected chi connectivity index (χ2v) is 6.82. The molecule has 1 fully saturated rings. The summed E-state index contributed by atoms with van der Waals surface area (Å²) in [4.78, 5) is 14.6. The van der Waals surface area contributed by atoms with Crippen LogP contribution in [0.3, 0.4) is 0 Å². The molecule has 1 aromatic rings. The smallest absolute Gasteiger partial charge is 0.137 e. The van der Waals surface area contributed by atoms with Crippen LogP contribution < -0.4 is 4.90 Å². The van der Waals surface area contributed by atoms with Gasteiger partial charge in [-0.15, -0.1) is 0 Å². The van der Waals surface area contributed by atoms with Crippen molar-refractivity contribution < 1.29 is 4.79 Å². The minimum absolute atomic E-state index is 0.215. The maximum Gasteiger partial charge on any atom is 0.137 e. The molecule has 2 atom stereocenters. The number of benzene rings is 1. The molecule has 1 saturated carbocycles. The quantitative estimate of drug-likeness (QED) is 0.796. The lowest BCUT2D eigenvalue weighted by Gasteiger charge is -2.34. The highest BCUT2D eigenvalue weighted by atomic mass is 16.1. The standard InChI is InChI=1S/C19H29NO/c1-5-20(18-9-6-15(4)7-10-18)13-17-12-16(14(2)3)8-11-19(17)21/h6-7,9-10,14,16-17H,5,8,11-13H2,1-4H3. The molecule has 2 nitrogen and oxygen atoms in total. The Hall–Kier alpha value is -1.31. The Morgan fingerprint density at radius 3 is 2.48 bits per heavy atom. The summed E-state index contributed by atoms with van der Waals surface area (Å²) in [5.41, 5.74) is 2.52. The van der Waals surface area contributed by atoms with Crippen molar-refractivity contribution in [1.82, 2.24) is 0 Å². The van der Waals surface area contributed by atoms with Gasteiger partial charge in [-0.1, -0.05) is 31.5 Å². The van der Waals surface area contributed by atoms with Crippen LogP contribution >= 0.6 is 0 Å². The van der Waals surface area contributed by atoms with Gasteiger partial charge in [0.2, 0.25) is 0 Å². The van der Waals surface area contributed by atoms with E-state index in [0.717, 1.165) is 32.4 Å². The first kappa shape index (κ1) is 16.1. The molecule has 0 bridgehead atoms. The molecular formula is C19H29NO. The van der Waals surface area contributed by atoms with Crippen molar-refractivity contribution in [3.8, 4) is 0 Å². The number of ketones is 1. The summed E-state index contributed by atoms with van der Waals surface area (Å²) in [6.45, 7) is 10.7. The van der Waals surface area contributed by atoms with Crippen LogP contribution in [0.5, 0.6) is 0 Å². The number of aryl methyl sites for hydroxylation is 1. The summed E-state index contributed by atoms with van der Waals surface area (Å²) < 4.78 is 0. The van der Waals surface area contributed by atoms with E-state index in [1.807, 2.05) is 0 Å². The van der Waals surface area contributed by atoms with Crippen LogP contribution in [0, 0.1) is 24.7 Å². The SMILES string of the molecule is CCN(CC1CC(C(C)C)CCC1=O)c1ccc(C)cc1. The van der Waals surface area contributed by atoms with Crippen LogP contribution in [-0.2, 0) is 4.79 Å². The van der Waals surface area contributed by atoms with E-state index in [1.54, 1.807) is 0 Å². The molecular weight excluding hydrogens is 258 g/mol. The van der Waals surface area contributed by atoms with Crippen LogP contribution in [0.25, 0.3) is 0 Å². The highest BCUT2D eigenvalue weighted by Gasteiger charge is 2.31. The van der Waals surface area contributed by atoms with Gasteiger partial charge in [-0.25, -0.2) is 0 Å². The maximum absolute atomic E-state index is 12.3. The molecule has 2 heteroatoms. The van der Waals surface area contributed by atoms with E-state index in [-0.39, 0.29) is 5.92 Å². The number of anilines is 1. The zero-order valence-corrected chi connectivity index (χ0v) is 13.9. The summed E-state index contributed by atoms with van der Waals surface area (Å²) in [5.74, 6) is 2.09. The number of rotatable bonds is 5. The highest BCUT2D eigenvalue weighted by molar-refractivity contribution is 5.82. The van der Waals surface area contributed by atoms with E-state index in [2.05, 4.69) is 56.9 Å². The molecule has 21 heavy (non-hydrogen) atoms. The first-order valence-electron chi connectivity index (χ1n) is 8.35. The molecule has 0 spiro atoms. The number of Topliss-reactive ketones (excluding diaryl/α,β-unsaturated/α-hetero) is 1. The number of nitrogens with zero attached hydrogens (tertiary/aromatic N) is 1. The molecule has 0 heterocycles. The van der Waals surface area contributed by atoms with Crippen molar-refractivity contribution >= 4 is 11.5 Å². The molecule has 1 aliphatic rings. The predicted octanol–water partition coefficient (Wildman–Crippen LogP) is 4.46. The topological polar surface area (TPSA) is 20.3 Å². The van der Waals surface area contributed by atoms with Gasteiger partial charge >= 0.3 is 0 Å². The van der Waals surface area contributed by atoms with Gasteiger partial charge in [-0.05, 0) is 50.7 Å². The van der Waals surface area contributed by atoms with Gasteiger partial charge in [-0.2, -0.15) is 0 Å². The van der Waals surface area contributed by atoms with Gasteiger partial charge in [0.25, 0.3) is 0 Å². The molecule has 0 aromatic heterocycles. The van der Waals surface area contributed by atoms with Crippen LogP contribution in [-0.4, -0.2) is 18.9 Å². The molecule has 2 rings (SSSR count). The third-order valence-electron chi connectivity index (χ3n) is 4.97. The van der Waals surface area contributed by atoms with Crippen molar-refractivity contribution in [1.29, 1.82) is 0 Å². The van der Waals surface area contributed by atoms with Crippen LogP contribution in [0.4, 0.5) is 5.69 Å². The Bertz CT molecular complexity index is 463. The third-order valence-corrected chi connectivity index (χ3v) is 4.97. The summed E-state index contributed by atoms with van der Waals surface area (Å²) >= 11 is 0. The van der Waals surface area contributed by atoms with E-state index in [0.29, 0.717) is 17.6 Å². The van der Waals surface area contributed by atoms with Gasteiger partial charge in [0.15, 0.2) is 0 Å². The number of hydrogen-bond acceptors (Lipinski definition) is 2. The fourth-order valence-corrected chi connectivity index (χ4v) is 3.37. The first-order valence-corrected chi connectivity index (χ1v) is 8.35. The Labute approximate surface area is 129 Å². The van der Waals surface area contributed by atoms with Gasteiger partial charge in [-0.3, -0.25) is 4.79 Å². The largest absolute Gasteiger partial charge is 0.371 e. The van der Waals surface area contributed by atoms with Gasteiger partial charge in [0, 0.05) is 31.1 Å². The monoisotopic (exact) mass is 287 g/mol. The van der Waals surface area contributed by atoms with Crippen LogP contribution in [0.1, 0.15) is 45.6 Å². The van der Waals surface area contributed by atoms with Gasteiger partial charge in [0.1, 0.15) is 5.78 Å². The van der Waals surface area contributed by atoms with Gasteiger partial charge in [0.05, 0.1) is 0 Å². The number of carbonyl (C=O) groups is 1.